The Hall–Kier alpha value is -0.683. The Bertz CT molecular complexity index is 360. The first-order chi connectivity index (χ1) is 13.2. The smallest absolute Gasteiger partial charge is 0.370 e. The third kappa shape index (κ3) is 16.0. The molecule has 0 spiro atoms. The van der Waals surface area contributed by atoms with Gasteiger partial charge in [-0.2, -0.15) is 0 Å². The number of allylic oxidation sites excluding steroid dienone is 5. The molecule has 0 aliphatic rings. The maximum Gasteiger partial charge on any atom is 0.529 e. The Kier molecular flexibility index (Phi) is 19.6. The molecule has 3 nitrogen and oxygen atoms in total. The molecule has 4 heteroatoms. The van der Waals surface area contributed by atoms with Crippen molar-refractivity contribution in [1.82, 2.24) is 0 Å². The van der Waals surface area contributed by atoms with Crippen molar-refractivity contribution in [2.75, 3.05) is 19.8 Å². The highest BCUT2D eigenvalue weighted by atomic mass is 28.4. The summed E-state index contributed by atoms with van der Waals surface area (Å²) in [7, 11) is -2.77. The monoisotopic (exact) mass is 396 g/mol. The SMILES string of the molecule is CCC=CC=CC=C[Si](OCCCCC)(OCCCCC)OCCCCC. The van der Waals surface area contributed by atoms with Gasteiger partial charge in [-0.25, -0.2) is 0 Å². The largest absolute Gasteiger partial charge is 0.529 e. The Morgan fingerprint density at radius 2 is 1.00 bits per heavy atom. The third-order valence-electron chi connectivity index (χ3n) is 4.16. The van der Waals surface area contributed by atoms with Gasteiger partial charge in [0.2, 0.25) is 0 Å². The van der Waals surface area contributed by atoms with Gasteiger partial charge in [-0.1, -0.05) is 96.6 Å². The van der Waals surface area contributed by atoms with Crippen LogP contribution in [0.5, 0.6) is 0 Å². The van der Waals surface area contributed by atoms with E-state index in [1.165, 1.54) is 38.5 Å². The minimum atomic E-state index is -2.77. The molecule has 0 atom stereocenters. The van der Waals surface area contributed by atoms with Crippen LogP contribution in [-0.2, 0) is 13.3 Å². The van der Waals surface area contributed by atoms with Crippen LogP contribution in [0.2, 0.25) is 0 Å². The van der Waals surface area contributed by atoms with Gasteiger partial charge < -0.3 is 13.3 Å². The van der Waals surface area contributed by atoms with Gasteiger partial charge in [0.1, 0.15) is 0 Å². The van der Waals surface area contributed by atoms with E-state index in [9.17, 15) is 0 Å². The first-order valence-electron chi connectivity index (χ1n) is 11.2. The number of unbranched alkanes of at least 4 members (excludes halogenated alkanes) is 6. The van der Waals surface area contributed by atoms with E-state index in [0.29, 0.717) is 19.8 Å². The quantitative estimate of drug-likeness (QED) is 0.132. The molecule has 0 rings (SSSR count). The van der Waals surface area contributed by atoms with Crippen molar-refractivity contribution in [3.8, 4) is 0 Å². The van der Waals surface area contributed by atoms with E-state index in [4.69, 9.17) is 13.3 Å². The summed E-state index contributed by atoms with van der Waals surface area (Å²) in [5, 5.41) is 0. The van der Waals surface area contributed by atoms with E-state index >= 15 is 0 Å². The van der Waals surface area contributed by atoms with E-state index in [-0.39, 0.29) is 0 Å². The van der Waals surface area contributed by atoms with E-state index in [0.717, 1.165) is 25.7 Å². The highest BCUT2D eigenvalue weighted by molar-refractivity contribution is 6.66. The Morgan fingerprint density at radius 1 is 0.556 bits per heavy atom. The average molecular weight is 397 g/mol. The minimum absolute atomic E-state index is 0.714. The molecule has 0 amide bonds. The molecule has 0 radical (unpaired) electrons. The van der Waals surface area contributed by atoms with E-state index < -0.39 is 8.80 Å². The van der Waals surface area contributed by atoms with Crippen LogP contribution in [0.25, 0.3) is 0 Å². The Balaban J connectivity index is 4.98. The van der Waals surface area contributed by atoms with Gasteiger partial charge in [-0.05, 0) is 31.4 Å². The van der Waals surface area contributed by atoms with Crippen molar-refractivity contribution in [3.63, 3.8) is 0 Å². The van der Waals surface area contributed by atoms with Crippen molar-refractivity contribution < 1.29 is 13.3 Å². The van der Waals surface area contributed by atoms with E-state index in [1.54, 1.807) is 0 Å². The molecule has 0 saturated heterocycles. The van der Waals surface area contributed by atoms with Crippen LogP contribution in [-0.4, -0.2) is 28.6 Å². The van der Waals surface area contributed by atoms with Crippen molar-refractivity contribution in [3.05, 3.63) is 36.1 Å². The van der Waals surface area contributed by atoms with E-state index in [2.05, 4.69) is 45.5 Å². The lowest BCUT2D eigenvalue weighted by atomic mass is 10.3. The number of hydrogen-bond donors (Lipinski definition) is 0. The van der Waals surface area contributed by atoms with Crippen molar-refractivity contribution in [1.29, 1.82) is 0 Å². The lowest BCUT2D eigenvalue weighted by molar-refractivity contribution is 0.0676. The third-order valence-corrected chi connectivity index (χ3v) is 6.58. The first kappa shape index (κ1) is 26.3. The molecule has 0 aromatic carbocycles. The molecule has 0 N–H and O–H groups in total. The molecular weight excluding hydrogens is 352 g/mol. The molecule has 0 unspecified atom stereocenters. The van der Waals surface area contributed by atoms with Crippen LogP contribution >= 0.6 is 0 Å². The maximum absolute atomic E-state index is 6.28. The Morgan fingerprint density at radius 3 is 1.41 bits per heavy atom. The zero-order valence-corrected chi connectivity index (χ0v) is 19.4. The summed E-state index contributed by atoms with van der Waals surface area (Å²) in [5.74, 6) is 0. The summed E-state index contributed by atoms with van der Waals surface area (Å²) in [6, 6.07) is 0. The van der Waals surface area contributed by atoms with Crippen molar-refractivity contribution in [2.24, 2.45) is 0 Å². The molecular formula is C23H44O3Si. The highest BCUT2D eigenvalue weighted by Gasteiger charge is 2.38. The lowest BCUT2D eigenvalue weighted by Gasteiger charge is -2.27. The van der Waals surface area contributed by atoms with Crippen molar-refractivity contribution >= 4 is 8.80 Å². The second-order valence-corrected chi connectivity index (χ2v) is 9.26. The van der Waals surface area contributed by atoms with Crippen LogP contribution in [0.1, 0.15) is 91.9 Å². The van der Waals surface area contributed by atoms with E-state index in [1.807, 2.05) is 18.2 Å². The topological polar surface area (TPSA) is 27.7 Å². The molecule has 0 aliphatic carbocycles. The predicted octanol–water partition coefficient (Wildman–Crippen LogP) is 7.16. The molecule has 0 heterocycles. The Labute approximate surface area is 170 Å². The standard InChI is InChI=1S/C23H44O3Si/c1-5-9-13-14-15-19-23-27(24-20-16-10-6-2,25-21-17-11-7-3)26-22-18-12-8-4/h9,13-15,19,23H,5-8,10-12,16-18,20-22H2,1-4H3. The second kappa shape index (κ2) is 20.1. The predicted molar refractivity (Wildman–Crippen MR) is 120 cm³/mol. The molecule has 0 aromatic rings. The lowest BCUT2D eigenvalue weighted by Crippen LogP contribution is -2.45. The normalized spacial score (nSPS) is 12.9. The second-order valence-electron chi connectivity index (χ2n) is 6.85. The number of rotatable bonds is 19. The molecule has 0 fully saturated rings. The number of hydrogen-bond acceptors (Lipinski definition) is 3. The summed E-state index contributed by atoms with van der Waals surface area (Å²) < 4.78 is 18.8. The summed E-state index contributed by atoms with van der Waals surface area (Å²) in [4.78, 5) is 0. The molecule has 27 heavy (non-hydrogen) atoms. The van der Waals surface area contributed by atoms with Gasteiger partial charge in [0.25, 0.3) is 0 Å². The zero-order valence-electron chi connectivity index (χ0n) is 18.4. The highest BCUT2D eigenvalue weighted by Crippen LogP contribution is 2.16. The van der Waals surface area contributed by atoms with Crippen LogP contribution in [0.15, 0.2) is 36.1 Å². The fraction of sp³-hybridized carbons (Fsp3) is 0.739. The molecule has 0 bridgehead atoms. The summed E-state index contributed by atoms with van der Waals surface area (Å²) in [6.07, 6.45) is 21.7. The summed E-state index contributed by atoms with van der Waals surface area (Å²) in [6.45, 7) is 10.9. The van der Waals surface area contributed by atoms with Crippen LogP contribution in [0, 0.1) is 0 Å². The fourth-order valence-electron chi connectivity index (χ4n) is 2.49. The molecule has 0 aliphatic heterocycles. The molecule has 0 aromatic heterocycles. The van der Waals surface area contributed by atoms with Crippen LogP contribution < -0.4 is 0 Å². The first-order valence-corrected chi connectivity index (χ1v) is 13.0. The van der Waals surface area contributed by atoms with Gasteiger partial charge in [-0.3, -0.25) is 0 Å². The van der Waals surface area contributed by atoms with Gasteiger partial charge in [-0.15, -0.1) is 0 Å². The summed E-state index contributed by atoms with van der Waals surface area (Å²) in [5.41, 5.74) is 2.06. The van der Waals surface area contributed by atoms with Crippen molar-refractivity contribution in [2.45, 2.75) is 91.9 Å². The molecule has 158 valence electrons. The van der Waals surface area contributed by atoms with Gasteiger partial charge in [0.05, 0.1) is 0 Å². The van der Waals surface area contributed by atoms with Gasteiger partial charge in [0.15, 0.2) is 0 Å². The fourth-order valence-corrected chi connectivity index (χ4v) is 4.66. The van der Waals surface area contributed by atoms with Crippen LogP contribution in [0.4, 0.5) is 0 Å². The van der Waals surface area contributed by atoms with Gasteiger partial charge in [0, 0.05) is 19.8 Å². The minimum Gasteiger partial charge on any atom is -0.370 e. The zero-order chi connectivity index (χ0) is 20.1. The van der Waals surface area contributed by atoms with Crippen LogP contribution in [0.3, 0.4) is 0 Å². The molecule has 0 saturated carbocycles. The maximum atomic E-state index is 6.28. The van der Waals surface area contributed by atoms with Gasteiger partial charge >= 0.3 is 8.80 Å². The summed E-state index contributed by atoms with van der Waals surface area (Å²) >= 11 is 0. The average Bonchev–Trinajstić information content (AvgIpc) is 2.68.